The molecule has 1 atom stereocenters. The quantitative estimate of drug-likeness (QED) is 0.759. The zero-order valence-electron chi connectivity index (χ0n) is 11.8. The molecule has 19 heavy (non-hydrogen) atoms. The average molecular weight is 264 g/mol. The molecule has 4 heteroatoms. The number of methoxy groups -OCH3 is 1. The maximum Gasteiger partial charge on any atom is 0.145 e. The van der Waals surface area contributed by atoms with Crippen LogP contribution < -0.4 is 0 Å². The lowest BCUT2D eigenvalue weighted by molar-refractivity contribution is 0.117. The standard InChI is InChI=1S/C15H21FN2O/c1-4-12(2)18(8-9-19-3)11-14-7-5-6-13(10-17)15(14)16/h5-7,12H,4,8-9,11H2,1-3H3. The van der Waals surface area contributed by atoms with Crippen LogP contribution in [0, 0.1) is 17.1 Å². The van der Waals surface area contributed by atoms with E-state index in [9.17, 15) is 4.39 Å². The van der Waals surface area contributed by atoms with Gasteiger partial charge < -0.3 is 4.74 Å². The van der Waals surface area contributed by atoms with Gasteiger partial charge in [-0.3, -0.25) is 4.90 Å². The fraction of sp³-hybridized carbons (Fsp3) is 0.533. The largest absolute Gasteiger partial charge is 0.383 e. The van der Waals surface area contributed by atoms with Crippen LogP contribution in [0.2, 0.25) is 0 Å². The first kappa shape index (κ1) is 15.6. The molecular weight excluding hydrogens is 243 g/mol. The summed E-state index contributed by atoms with van der Waals surface area (Å²) in [6.45, 7) is 6.08. The Bertz CT molecular complexity index is 442. The van der Waals surface area contributed by atoms with Crippen molar-refractivity contribution in [2.75, 3.05) is 20.3 Å². The molecule has 1 aromatic rings. The van der Waals surface area contributed by atoms with E-state index in [1.807, 2.05) is 6.07 Å². The SMILES string of the molecule is CCC(C)N(CCOC)Cc1cccc(C#N)c1F. The highest BCUT2D eigenvalue weighted by atomic mass is 19.1. The summed E-state index contributed by atoms with van der Waals surface area (Å²) in [7, 11) is 1.66. The molecule has 0 aliphatic carbocycles. The lowest BCUT2D eigenvalue weighted by Gasteiger charge is -2.28. The minimum absolute atomic E-state index is 0.105. The molecule has 0 spiro atoms. The second-order valence-corrected chi connectivity index (χ2v) is 4.61. The van der Waals surface area contributed by atoms with E-state index in [0.717, 1.165) is 13.0 Å². The zero-order chi connectivity index (χ0) is 14.3. The van der Waals surface area contributed by atoms with E-state index in [2.05, 4.69) is 18.7 Å². The number of hydrogen-bond donors (Lipinski definition) is 0. The number of halogens is 1. The van der Waals surface area contributed by atoms with Crippen molar-refractivity contribution >= 4 is 0 Å². The van der Waals surface area contributed by atoms with Crippen LogP contribution in [0.25, 0.3) is 0 Å². The molecule has 0 radical (unpaired) electrons. The molecule has 0 aliphatic rings. The van der Waals surface area contributed by atoms with E-state index in [1.54, 1.807) is 19.2 Å². The fourth-order valence-corrected chi connectivity index (χ4v) is 1.93. The number of ether oxygens (including phenoxy) is 1. The summed E-state index contributed by atoms with van der Waals surface area (Å²) >= 11 is 0. The van der Waals surface area contributed by atoms with Gasteiger partial charge >= 0.3 is 0 Å². The van der Waals surface area contributed by atoms with E-state index < -0.39 is 5.82 Å². The highest BCUT2D eigenvalue weighted by molar-refractivity contribution is 5.34. The van der Waals surface area contributed by atoms with E-state index in [0.29, 0.717) is 24.8 Å². The third-order valence-corrected chi connectivity index (χ3v) is 3.37. The molecule has 1 unspecified atom stereocenters. The molecule has 0 aliphatic heterocycles. The zero-order valence-corrected chi connectivity index (χ0v) is 11.8. The lowest BCUT2D eigenvalue weighted by Crippen LogP contribution is -2.35. The lowest BCUT2D eigenvalue weighted by atomic mass is 10.1. The first-order valence-corrected chi connectivity index (χ1v) is 6.54. The molecule has 0 heterocycles. The van der Waals surface area contributed by atoms with Crippen molar-refractivity contribution in [3.05, 3.63) is 35.1 Å². The van der Waals surface area contributed by atoms with Crippen LogP contribution in [0.3, 0.4) is 0 Å². The minimum atomic E-state index is -0.407. The normalized spacial score (nSPS) is 12.4. The summed E-state index contributed by atoms with van der Waals surface area (Å²) in [5.41, 5.74) is 0.670. The first-order chi connectivity index (χ1) is 9.13. The average Bonchev–Trinajstić information content (AvgIpc) is 2.44. The Balaban J connectivity index is 2.87. The van der Waals surface area contributed by atoms with Gasteiger partial charge in [0.25, 0.3) is 0 Å². The molecule has 0 saturated heterocycles. The van der Waals surface area contributed by atoms with Gasteiger partial charge in [0.15, 0.2) is 0 Å². The van der Waals surface area contributed by atoms with Crippen LogP contribution in [0.15, 0.2) is 18.2 Å². The fourth-order valence-electron chi connectivity index (χ4n) is 1.93. The van der Waals surface area contributed by atoms with Crippen molar-refractivity contribution in [2.45, 2.75) is 32.9 Å². The van der Waals surface area contributed by atoms with Gasteiger partial charge in [-0.25, -0.2) is 4.39 Å². The molecule has 0 bridgehead atoms. The molecule has 0 amide bonds. The van der Waals surface area contributed by atoms with Crippen LogP contribution in [0.4, 0.5) is 4.39 Å². The minimum Gasteiger partial charge on any atom is -0.383 e. The van der Waals surface area contributed by atoms with Gasteiger partial charge in [-0.05, 0) is 19.4 Å². The third kappa shape index (κ3) is 4.30. The maximum atomic E-state index is 14.0. The van der Waals surface area contributed by atoms with E-state index in [4.69, 9.17) is 10.00 Å². The molecule has 1 rings (SSSR count). The number of benzene rings is 1. The third-order valence-electron chi connectivity index (χ3n) is 3.37. The van der Waals surface area contributed by atoms with Crippen molar-refractivity contribution in [2.24, 2.45) is 0 Å². The van der Waals surface area contributed by atoms with Gasteiger partial charge in [-0.1, -0.05) is 19.1 Å². The molecule has 0 N–H and O–H groups in total. The summed E-state index contributed by atoms with van der Waals surface area (Å²) in [4.78, 5) is 2.17. The Morgan fingerprint density at radius 1 is 1.47 bits per heavy atom. The molecule has 0 fully saturated rings. The van der Waals surface area contributed by atoms with Gasteiger partial charge in [-0.2, -0.15) is 5.26 Å². The van der Waals surface area contributed by atoms with E-state index in [-0.39, 0.29) is 5.56 Å². The van der Waals surface area contributed by atoms with Gasteiger partial charge in [0, 0.05) is 31.8 Å². The van der Waals surface area contributed by atoms with Gasteiger partial charge in [0.05, 0.1) is 12.2 Å². The highest BCUT2D eigenvalue weighted by Crippen LogP contribution is 2.16. The van der Waals surface area contributed by atoms with Gasteiger partial charge in [0.2, 0.25) is 0 Å². The van der Waals surface area contributed by atoms with Crippen molar-refractivity contribution in [1.29, 1.82) is 5.26 Å². The van der Waals surface area contributed by atoms with Crippen LogP contribution in [-0.2, 0) is 11.3 Å². The summed E-state index contributed by atoms with van der Waals surface area (Å²) in [6.07, 6.45) is 0.989. The Morgan fingerprint density at radius 2 is 2.21 bits per heavy atom. The first-order valence-electron chi connectivity index (χ1n) is 6.54. The summed E-state index contributed by atoms with van der Waals surface area (Å²) < 4.78 is 19.1. The summed E-state index contributed by atoms with van der Waals surface area (Å²) in [5, 5.41) is 8.85. The van der Waals surface area contributed by atoms with Crippen LogP contribution in [-0.4, -0.2) is 31.2 Å². The maximum absolute atomic E-state index is 14.0. The number of nitrogens with zero attached hydrogens (tertiary/aromatic N) is 2. The molecule has 0 saturated carbocycles. The Labute approximate surface area is 114 Å². The van der Waals surface area contributed by atoms with Crippen LogP contribution in [0.5, 0.6) is 0 Å². The number of hydrogen-bond acceptors (Lipinski definition) is 3. The molecule has 3 nitrogen and oxygen atoms in total. The summed E-state index contributed by atoms with van der Waals surface area (Å²) in [6, 6.07) is 7.18. The van der Waals surface area contributed by atoms with Crippen molar-refractivity contribution in [3.63, 3.8) is 0 Å². The number of rotatable bonds is 7. The number of nitriles is 1. The Morgan fingerprint density at radius 3 is 2.79 bits per heavy atom. The monoisotopic (exact) mass is 264 g/mol. The Hall–Kier alpha value is -1.44. The van der Waals surface area contributed by atoms with Crippen molar-refractivity contribution < 1.29 is 9.13 Å². The predicted molar refractivity (Wildman–Crippen MR) is 73.2 cm³/mol. The molecule has 104 valence electrons. The van der Waals surface area contributed by atoms with E-state index in [1.165, 1.54) is 6.07 Å². The summed E-state index contributed by atoms with van der Waals surface area (Å²) in [5.74, 6) is -0.407. The second kappa shape index (κ2) is 7.88. The van der Waals surface area contributed by atoms with Gasteiger partial charge in [-0.15, -0.1) is 0 Å². The van der Waals surface area contributed by atoms with Crippen LogP contribution >= 0.6 is 0 Å². The van der Waals surface area contributed by atoms with Crippen molar-refractivity contribution in [1.82, 2.24) is 4.90 Å². The smallest absolute Gasteiger partial charge is 0.145 e. The highest BCUT2D eigenvalue weighted by Gasteiger charge is 2.15. The molecular formula is C15H21FN2O. The van der Waals surface area contributed by atoms with Crippen LogP contribution in [0.1, 0.15) is 31.4 Å². The Kier molecular flexibility index (Phi) is 6.48. The molecule has 1 aromatic carbocycles. The molecule has 0 aromatic heterocycles. The van der Waals surface area contributed by atoms with E-state index >= 15 is 0 Å². The second-order valence-electron chi connectivity index (χ2n) is 4.61. The van der Waals surface area contributed by atoms with Crippen molar-refractivity contribution in [3.8, 4) is 6.07 Å². The van der Waals surface area contributed by atoms with Gasteiger partial charge in [0.1, 0.15) is 11.9 Å². The predicted octanol–water partition coefficient (Wildman–Crippen LogP) is 2.94. The topological polar surface area (TPSA) is 36.3 Å².